The minimum absolute atomic E-state index is 1.15. The van der Waals surface area contributed by atoms with Gasteiger partial charge in [-0.2, -0.15) is 0 Å². The van der Waals surface area contributed by atoms with Gasteiger partial charge in [0.05, 0.1) is 22.1 Å². The van der Waals surface area contributed by atoms with Crippen LogP contribution in [0, 0.1) is 0 Å². The fourth-order valence-electron chi connectivity index (χ4n) is 8.24. The van der Waals surface area contributed by atoms with Gasteiger partial charge in [0.1, 0.15) is 0 Å². The van der Waals surface area contributed by atoms with E-state index >= 15 is 0 Å². The maximum absolute atomic E-state index is 2.51. The van der Waals surface area contributed by atoms with Crippen LogP contribution in [0.4, 0.5) is 0 Å². The molecule has 0 fully saturated rings. The van der Waals surface area contributed by atoms with E-state index in [1.165, 1.54) is 91.7 Å². The highest BCUT2D eigenvalue weighted by atomic mass is 32.1. The molecule has 0 unspecified atom stereocenters. The fourth-order valence-corrected chi connectivity index (χ4v) is 9.33. The molecular weight excluding hydrogens is 637 g/mol. The third-order valence-corrected chi connectivity index (χ3v) is 11.6. The van der Waals surface area contributed by atoms with Crippen molar-refractivity contribution in [3.63, 3.8) is 0 Å². The molecule has 0 radical (unpaired) electrons. The fraction of sp³-hybridized carbons (Fsp3) is 0. The normalized spacial score (nSPS) is 11.9. The third-order valence-electron chi connectivity index (χ3n) is 10.5. The summed E-state index contributed by atoms with van der Waals surface area (Å²) in [4.78, 5) is 0. The zero-order chi connectivity index (χ0) is 33.5. The van der Waals surface area contributed by atoms with Gasteiger partial charge >= 0.3 is 0 Å². The smallest absolute Gasteiger partial charge is 0.0641 e. The van der Waals surface area contributed by atoms with Gasteiger partial charge in [0.15, 0.2) is 0 Å². The number of fused-ring (bicyclic) bond motifs is 10. The second-order valence-electron chi connectivity index (χ2n) is 13.3. The summed E-state index contributed by atoms with van der Waals surface area (Å²) in [5, 5.41) is 7.65. The average molecular weight is 667 g/mol. The molecule has 0 N–H and O–H groups in total. The van der Waals surface area contributed by atoms with Gasteiger partial charge in [-0.15, -0.1) is 11.3 Å². The second-order valence-corrected chi connectivity index (χ2v) is 14.4. The number of benzene rings is 8. The lowest BCUT2D eigenvalue weighted by Gasteiger charge is -2.15. The van der Waals surface area contributed by atoms with E-state index in [1.54, 1.807) is 0 Å². The third kappa shape index (κ3) is 4.29. The van der Waals surface area contributed by atoms with Crippen LogP contribution in [0.25, 0.3) is 97.4 Å². The van der Waals surface area contributed by atoms with E-state index in [9.17, 15) is 0 Å². The van der Waals surface area contributed by atoms with Crippen molar-refractivity contribution in [1.29, 1.82) is 0 Å². The molecule has 51 heavy (non-hydrogen) atoms. The summed E-state index contributed by atoms with van der Waals surface area (Å²) in [6.45, 7) is 0. The van der Waals surface area contributed by atoms with Crippen LogP contribution in [0.15, 0.2) is 182 Å². The van der Waals surface area contributed by atoms with Gasteiger partial charge in [-0.1, -0.05) is 121 Å². The number of thiophene rings is 1. The molecule has 0 bridgehead atoms. The number of hydrogen-bond acceptors (Lipinski definition) is 1. The summed E-state index contributed by atoms with van der Waals surface area (Å²) in [6.07, 6.45) is 0. The maximum atomic E-state index is 2.51. The van der Waals surface area contributed by atoms with Crippen molar-refractivity contribution in [2.24, 2.45) is 0 Å². The molecule has 2 nitrogen and oxygen atoms in total. The summed E-state index contributed by atoms with van der Waals surface area (Å²) < 4.78 is 7.62. The van der Waals surface area contributed by atoms with Crippen LogP contribution in [0.3, 0.4) is 0 Å². The molecule has 3 aromatic heterocycles. The molecule has 11 aromatic rings. The Labute approximate surface area is 298 Å². The van der Waals surface area contributed by atoms with Gasteiger partial charge < -0.3 is 9.13 Å². The topological polar surface area (TPSA) is 9.86 Å². The van der Waals surface area contributed by atoms with Gasteiger partial charge in [-0.05, 0) is 82.9 Å². The van der Waals surface area contributed by atoms with Gasteiger partial charge in [0.2, 0.25) is 0 Å². The van der Waals surface area contributed by atoms with Crippen molar-refractivity contribution in [2.75, 3.05) is 0 Å². The van der Waals surface area contributed by atoms with Crippen LogP contribution >= 0.6 is 11.3 Å². The van der Waals surface area contributed by atoms with Crippen molar-refractivity contribution in [3.8, 4) is 33.6 Å². The zero-order valence-electron chi connectivity index (χ0n) is 27.6. The molecule has 238 valence electrons. The Bertz CT molecular complexity index is 3070. The Morgan fingerprint density at radius 3 is 1.63 bits per heavy atom. The predicted octanol–water partition coefficient (Wildman–Crippen LogP) is 13.6. The lowest BCUT2D eigenvalue weighted by Crippen LogP contribution is -1.97. The van der Waals surface area contributed by atoms with Crippen LogP contribution in [-0.2, 0) is 0 Å². The van der Waals surface area contributed by atoms with Gasteiger partial charge in [-0.25, -0.2) is 0 Å². The van der Waals surface area contributed by atoms with Crippen LogP contribution in [0.1, 0.15) is 0 Å². The second kappa shape index (κ2) is 11.0. The van der Waals surface area contributed by atoms with Gasteiger partial charge in [0.25, 0.3) is 0 Å². The Balaban J connectivity index is 1.27. The van der Waals surface area contributed by atoms with Crippen molar-refractivity contribution in [2.45, 2.75) is 0 Å². The van der Waals surface area contributed by atoms with Crippen molar-refractivity contribution >= 4 is 75.1 Å². The highest BCUT2D eigenvalue weighted by Gasteiger charge is 2.22. The van der Waals surface area contributed by atoms with Gasteiger partial charge in [0, 0.05) is 53.1 Å². The number of nitrogens with zero attached hydrogens (tertiary/aromatic N) is 2. The number of hydrogen-bond donors (Lipinski definition) is 0. The molecule has 3 heterocycles. The van der Waals surface area contributed by atoms with Crippen LogP contribution in [0.5, 0.6) is 0 Å². The van der Waals surface area contributed by atoms with E-state index in [1.807, 2.05) is 11.3 Å². The van der Waals surface area contributed by atoms with E-state index < -0.39 is 0 Å². The molecular formula is C48H30N2S. The molecule has 0 aliphatic rings. The highest BCUT2D eigenvalue weighted by Crippen LogP contribution is 2.44. The predicted molar refractivity (Wildman–Crippen MR) is 219 cm³/mol. The van der Waals surface area contributed by atoms with E-state index in [0.29, 0.717) is 0 Å². The summed E-state index contributed by atoms with van der Waals surface area (Å²) in [5.74, 6) is 0. The Hall–Kier alpha value is -6.42. The Kier molecular flexibility index (Phi) is 6.16. The lowest BCUT2D eigenvalue weighted by atomic mass is 9.98. The molecule has 0 spiro atoms. The minimum Gasteiger partial charge on any atom is -0.309 e. The molecule has 0 saturated heterocycles. The van der Waals surface area contributed by atoms with Crippen LogP contribution < -0.4 is 0 Å². The first-order valence-electron chi connectivity index (χ1n) is 17.4. The molecule has 0 amide bonds. The van der Waals surface area contributed by atoms with E-state index in [-0.39, 0.29) is 0 Å². The molecule has 0 atom stereocenters. The first-order chi connectivity index (χ1) is 25.3. The summed E-state index contributed by atoms with van der Waals surface area (Å²) in [6, 6.07) is 66.7. The average Bonchev–Trinajstić information content (AvgIpc) is 3.86. The molecule has 0 saturated carbocycles. The standard InChI is InChI=1S/C48H30N2S/c1-3-13-31(14-4-1)33-27-34(32-15-5-2-6-16-32)29-36(28-33)50-42-20-10-7-17-37(42)39-24-25-44-47(48(39)50)40-19-8-11-21-43(40)49(44)35-23-26-46-41(30-35)38-18-9-12-22-45(38)51-46/h1-30H. The van der Waals surface area contributed by atoms with E-state index in [0.717, 1.165) is 5.69 Å². The number of rotatable bonds is 4. The van der Waals surface area contributed by atoms with E-state index in [2.05, 4.69) is 191 Å². The Morgan fingerprint density at radius 2 is 0.902 bits per heavy atom. The monoisotopic (exact) mass is 666 g/mol. The van der Waals surface area contributed by atoms with E-state index in [4.69, 9.17) is 0 Å². The lowest BCUT2D eigenvalue weighted by molar-refractivity contribution is 1.18. The van der Waals surface area contributed by atoms with Crippen LogP contribution in [0.2, 0.25) is 0 Å². The maximum Gasteiger partial charge on any atom is 0.0641 e. The first-order valence-corrected chi connectivity index (χ1v) is 18.3. The molecule has 3 heteroatoms. The molecule has 11 rings (SSSR count). The van der Waals surface area contributed by atoms with Crippen molar-refractivity contribution < 1.29 is 0 Å². The molecule has 0 aliphatic carbocycles. The number of aromatic nitrogens is 2. The highest BCUT2D eigenvalue weighted by molar-refractivity contribution is 7.25. The number of para-hydroxylation sites is 2. The summed E-state index contributed by atoms with van der Waals surface area (Å²) in [7, 11) is 0. The molecule has 8 aromatic carbocycles. The Morgan fingerprint density at radius 1 is 0.314 bits per heavy atom. The molecule has 0 aliphatic heterocycles. The van der Waals surface area contributed by atoms with Crippen LogP contribution in [-0.4, -0.2) is 9.13 Å². The zero-order valence-corrected chi connectivity index (χ0v) is 28.4. The SMILES string of the molecule is c1ccc(-c2cc(-c3ccccc3)cc(-n3c4ccccc4c4ccc5c(c6ccccc6n5-c5ccc6sc7ccccc7c6c5)c43)c2)cc1. The minimum atomic E-state index is 1.15. The quantitative estimate of drug-likeness (QED) is 0.177. The van der Waals surface area contributed by atoms with Crippen molar-refractivity contribution in [3.05, 3.63) is 182 Å². The first kappa shape index (κ1) is 28.4. The van der Waals surface area contributed by atoms with Crippen molar-refractivity contribution in [1.82, 2.24) is 9.13 Å². The summed E-state index contributed by atoms with van der Waals surface area (Å²) >= 11 is 1.87. The largest absolute Gasteiger partial charge is 0.309 e. The summed E-state index contributed by atoms with van der Waals surface area (Å²) in [5.41, 5.74) is 12.0. The van der Waals surface area contributed by atoms with Gasteiger partial charge in [-0.3, -0.25) is 0 Å².